The number of hydrogen-bond acceptors (Lipinski definition) is 2. The Hall–Kier alpha value is -0.640. The van der Waals surface area contributed by atoms with E-state index in [0.717, 1.165) is 21.3 Å². The summed E-state index contributed by atoms with van der Waals surface area (Å²) in [6.45, 7) is 2.09. The van der Waals surface area contributed by atoms with Crippen LogP contribution in [0.4, 0.5) is 0 Å². The molecule has 2 aromatic rings. The van der Waals surface area contributed by atoms with Crippen molar-refractivity contribution in [1.29, 1.82) is 0 Å². The summed E-state index contributed by atoms with van der Waals surface area (Å²) >= 11 is 11.0. The zero-order valence-corrected chi connectivity index (χ0v) is 13.0. The first kappa shape index (κ1) is 13.8. The zero-order chi connectivity index (χ0) is 13.1. The highest BCUT2D eigenvalue weighted by atomic mass is 79.9. The second-order valence-electron chi connectivity index (χ2n) is 3.96. The van der Waals surface area contributed by atoms with E-state index in [1.165, 1.54) is 4.88 Å². The van der Waals surface area contributed by atoms with Crippen LogP contribution in [0.1, 0.15) is 27.0 Å². The molecule has 1 aromatic carbocycles. The van der Waals surface area contributed by atoms with Crippen LogP contribution in [0.5, 0.6) is 0 Å². The monoisotopic (exact) mass is 342 g/mol. The van der Waals surface area contributed by atoms with Crippen molar-refractivity contribution in [3.05, 3.63) is 55.1 Å². The average Bonchev–Trinajstić information content (AvgIpc) is 2.81. The molecule has 0 unspecified atom stereocenters. The van der Waals surface area contributed by atoms with Crippen molar-refractivity contribution in [3.8, 4) is 0 Å². The molecular formula is C14H12BrClOS. The highest BCUT2D eigenvalue weighted by Gasteiger charge is 2.12. The molecule has 0 N–H and O–H groups in total. The topological polar surface area (TPSA) is 17.1 Å². The second kappa shape index (κ2) is 6.00. The number of halogens is 2. The molecule has 0 aliphatic heterocycles. The average molecular weight is 344 g/mol. The molecule has 0 amide bonds. The Balaban J connectivity index is 2.16. The molecule has 1 heterocycles. The summed E-state index contributed by atoms with van der Waals surface area (Å²) in [4.78, 5) is 14.2. The smallest absolute Gasteiger partial charge is 0.177 e. The third-order valence-electron chi connectivity index (χ3n) is 2.65. The Labute approximate surface area is 124 Å². The largest absolute Gasteiger partial charge is 0.293 e. The molecule has 1 nitrogen and oxygen atoms in total. The normalized spacial score (nSPS) is 10.6. The fraction of sp³-hybridized carbons (Fsp3) is 0.214. The Bertz CT molecular complexity index is 577. The molecule has 94 valence electrons. The quantitative estimate of drug-likeness (QED) is 0.701. The molecule has 2 rings (SSSR count). The van der Waals surface area contributed by atoms with Gasteiger partial charge in [-0.3, -0.25) is 4.79 Å². The number of thiophene rings is 1. The Morgan fingerprint density at radius 1 is 1.33 bits per heavy atom. The third-order valence-corrected chi connectivity index (χ3v) is 4.77. The summed E-state index contributed by atoms with van der Waals surface area (Å²) in [5, 5.41) is 0.630. The van der Waals surface area contributed by atoms with E-state index >= 15 is 0 Å². The number of carbonyl (C=O) groups is 1. The Kier molecular flexibility index (Phi) is 4.60. The lowest BCUT2D eigenvalue weighted by molar-refractivity contribution is 0.0997. The van der Waals surface area contributed by atoms with Crippen molar-refractivity contribution < 1.29 is 4.79 Å². The third kappa shape index (κ3) is 3.22. The van der Waals surface area contributed by atoms with Crippen LogP contribution in [0.25, 0.3) is 0 Å². The maximum Gasteiger partial charge on any atom is 0.177 e. The molecule has 0 bridgehead atoms. The van der Waals surface area contributed by atoms with Crippen LogP contribution < -0.4 is 0 Å². The summed E-state index contributed by atoms with van der Waals surface area (Å²) in [6, 6.07) is 9.52. The van der Waals surface area contributed by atoms with Gasteiger partial charge in [-0.2, -0.15) is 0 Å². The lowest BCUT2D eigenvalue weighted by Gasteiger charge is -2.03. The lowest BCUT2D eigenvalue weighted by Crippen LogP contribution is -2.01. The molecule has 0 saturated heterocycles. The molecule has 0 saturated carbocycles. The molecule has 0 atom stereocenters. The SMILES string of the molecule is CCc1ccc(C(=O)Cc2ccc(Br)cc2Cl)s1. The molecular weight excluding hydrogens is 332 g/mol. The zero-order valence-electron chi connectivity index (χ0n) is 9.87. The van der Waals surface area contributed by atoms with Crippen LogP contribution in [-0.2, 0) is 12.8 Å². The number of carbonyl (C=O) groups excluding carboxylic acids is 1. The van der Waals surface area contributed by atoms with Gasteiger partial charge in [0.25, 0.3) is 0 Å². The van der Waals surface area contributed by atoms with Gasteiger partial charge in [0, 0.05) is 20.8 Å². The first-order chi connectivity index (χ1) is 8.60. The maximum atomic E-state index is 12.1. The summed E-state index contributed by atoms with van der Waals surface area (Å²) in [7, 11) is 0. The van der Waals surface area contributed by atoms with E-state index < -0.39 is 0 Å². The van der Waals surface area contributed by atoms with Crippen molar-refractivity contribution >= 4 is 44.7 Å². The van der Waals surface area contributed by atoms with E-state index in [4.69, 9.17) is 11.6 Å². The minimum absolute atomic E-state index is 0.129. The second-order valence-corrected chi connectivity index (χ2v) is 6.45. The van der Waals surface area contributed by atoms with Crippen LogP contribution in [0.2, 0.25) is 5.02 Å². The molecule has 0 aliphatic carbocycles. The first-order valence-electron chi connectivity index (χ1n) is 5.66. The van der Waals surface area contributed by atoms with Crippen LogP contribution in [0, 0.1) is 0 Å². The molecule has 1 aromatic heterocycles. The van der Waals surface area contributed by atoms with E-state index in [0.29, 0.717) is 11.4 Å². The predicted octanol–water partition coefficient (Wildman–Crippen LogP) is 5.15. The summed E-state index contributed by atoms with van der Waals surface area (Å²) < 4.78 is 0.924. The van der Waals surface area contributed by atoms with Crippen molar-refractivity contribution in [1.82, 2.24) is 0 Å². The number of aryl methyl sites for hydroxylation is 1. The van der Waals surface area contributed by atoms with Gasteiger partial charge in [-0.05, 0) is 36.2 Å². The lowest BCUT2D eigenvalue weighted by atomic mass is 10.1. The summed E-state index contributed by atoms with van der Waals surface area (Å²) in [5.74, 6) is 0.129. The minimum Gasteiger partial charge on any atom is -0.293 e. The van der Waals surface area contributed by atoms with E-state index in [9.17, 15) is 4.79 Å². The molecule has 4 heteroatoms. The molecule has 0 spiro atoms. The fourth-order valence-corrected chi connectivity index (χ4v) is 3.27. The van der Waals surface area contributed by atoms with Crippen molar-refractivity contribution in [2.75, 3.05) is 0 Å². The van der Waals surface area contributed by atoms with Gasteiger partial charge in [-0.25, -0.2) is 0 Å². The number of rotatable bonds is 4. The van der Waals surface area contributed by atoms with Gasteiger partial charge in [0.1, 0.15) is 0 Å². The number of Topliss-reactive ketones (excluding diaryl/α,β-unsaturated/α-hetero) is 1. The fourth-order valence-electron chi connectivity index (χ4n) is 1.64. The van der Waals surface area contributed by atoms with Crippen molar-refractivity contribution in [2.45, 2.75) is 19.8 Å². The predicted molar refractivity (Wildman–Crippen MR) is 80.9 cm³/mol. The van der Waals surface area contributed by atoms with Crippen LogP contribution in [0.15, 0.2) is 34.8 Å². The van der Waals surface area contributed by atoms with Gasteiger partial charge in [0.2, 0.25) is 0 Å². The highest BCUT2D eigenvalue weighted by molar-refractivity contribution is 9.10. The number of ketones is 1. The van der Waals surface area contributed by atoms with E-state index in [-0.39, 0.29) is 5.78 Å². The van der Waals surface area contributed by atoms with E-state index in [1.807, 2.05) is 30.3 Å². The molecule has 0 fully saturated rings. The van der Waals surface area contributed by atoms with Gasteiger partial charge < -0.3 is 0 Å². The number of hydrogen-bond donors (Lipinski definition) is 0. The molecule has 0 radical (unpaired) electrons. The van der Waals surface area contributed by atoms with Gasteiger partial charge in [-0.1, -0.05) is 40.5 Å². The number of benzene rings is 1. The van der Waals surface area contributed by atoms with Gasteiger partial charge in [0.05, 0.1) is 4.88 Å². The minimum atomic E-state index is 0.129. The van der Waals surface area contributed by atoms with Crippen LogP contribution in [-0.4, -0.2) is 5.78 Å². The maximum absolute atomic E-state index is 12.1. The highest BCUT2D eigenvalue weighted by Crippen LogP contribution is 2.24. The summed E-state index contributed by atoms with van der Waals surface area (Å²) in [5.41, 5.74) is 0.872. The van der Waals surface area contributed by atoms with Crippen molar-refractivity contribution in [3.63, 3.8) is 0 Å². The van der Waals surface area contributed by atoms with Gasteiger partial charge in [0.15, 0.2) is 5.78 Å². The standard InChI is InChI=1S/C14H12BrClOS/c1-2-11-5-6-14(18-11)13(17)7-9-3-4-10(15)8-12(9)16/h3-6,8H,2,7H2,1H3. The Morgan fingerprint density at radius 2 is 2.11 bits per heavy atom. The first-order valence-corrected chi connectivity index (χ1v) is 7.64. The van der Waals surface area contributed by atoms with Crippen molar-refractivity contribution in [2.24, 2.45) is 0 Å². The van der Waals surface area contributed by atoms with E-state index in [2.05, 4.69) is 22.9 Å². The van der Waals surface area contributed by atoms with E-state index in [1.54, 1.807) is 11.3 Å². The van der Waals surface area contributed by atoms with Crippen LogP contribution in [0.3, 0.4) is 0 Å². The Morgan fingerprint density at radius 3 is 2.72 bits per heavy atom. The van der Waals surface area contributed by atoms with Gasteiger partial charge in [-0.15, -0.1) is 11.3 Å². The molecule has 0 aliphatic rings. The van der Waals surface area contributed by atoms with Gasteiger partial charge >= 0.3 is 0 Å². The molecule has 18 heavy (non-hydrogen) atoms. The van der Waals surface area contributed by atoms with Crippen LogP contribution >= 0.6 is 38.9 Å². The summed E-state index contributed by atoms with van der Waals surface area (Å²) in [6.07, 6.45) is 1.33.